The summed E-state index contributed by atoms with van der Waals surface area (Å²) >= 11 is 5.83. The van der Waals surface area contributed by atoms with Crippen molar-refractivity contribution in [2.45, 2.75) is 26.3 Å². The topological polar surface area (TPSA) is 39.7 Å². The minimum atomic E-state index is 0.303. The predicted molar refractivity (Wildman–Crippen MR) is 95.9 cm³/mol. The molecule has 1 amide bonds. The van der Waals surface area contributed by atoms with Crippen molar-refractivity contribution >= 4 is 17.5 Å². The number of nitrogens with zero attached hydrogens (tertiary/aromatic N) is 4. The lowest BCUT2D eigenvalue weighted by atomic mass is 9.99. The van der Waals surface area contributed by atoms with Crippen molar-refractivity contribution < 1.29 is 4.79 Å². The summed E-state index contributed by atoms with van der Waals surface area (Å²) in [4.78, 5) is 23.3. The largest absolute Gasteiger partial charge is 0.342 e. The molecule has 0 unspecified atom stereocenters. The van der Waals surface area contributed by atoms with Crippen LogP contribution in [0.3, 0.4) is 0 Å². The SMILES string of the molecule is CC1CCN(C(=O)CN2CCN(Cc3ccc(Cl)nc3)CC2)CC1. The fraction of sp³-hybridized carbons (Fsp3) is 0.667. The number of piperazine rings is 1. The van der Waals surface area contributed by atoms with Crippen LogP contribution >= 0.6 is 11.6 Å². The number of hydrogen-bond acceptors (Lipinski definition) is 4. The summed E-state index contributed by atoms with van der Waals surface area (Å²) in [5, 5.41) is 0.536. The minimum Gasteiger partial charge on any atom is -0.342 e. The summed E-state index contributed by atoms with van der Waals surface area (Å²) in [7, 11) is 0. The Bertz CT molecular complexity index is 534. The Hall–Kier alpha value is -1.17. The highest BCUT2D eigenvalue weighted by Gasteiger charge is 2.24. The summed E-state index contributed by atoms with van der Waals surface area (Å²) in [6.45, 7) is 9.51. The fourth-order valence-electron chi connectivity index (χ4n) is 3.41. The van der Waals surface area contributed by atoms with Crippen LogP contribution in [0, 0.1) is 5.92 Å². The summed E-state index contributed by atoms with van der Waals surface area (Å²) < 4.78 is 0. The molecule has 0 N–H and O–H groups in total. The molecule has 2 fully saturated rings. The molecule has 3 rings (SSSR count). The molecule has 0 radical (unpaired) electrons. The minimum absolute atomic E-state index is 0.303. The van der Waals surface area contributed by atoms with Crippen LogP contribution in [0.1, 0.15) is 25.3 Å². The normalized spacial score (nSPS) is 21.2. The lowest BCUT2D eigenvalue weighted by Gasteiger charge is -2.36. The van der Waals surface area contributed by atoms with E-state index in [0.29, 0.717) is 17.6 Å². The molecule has 2 aliphatic heterocycles. The maximum atomic E-state index is 12.4. The molecule has 2 saturated heterocycles. The van der Waals surface area contributed by atoms with Gasteiger partial charge in [-0.2, -0.15) is 0 Å². The molecule has 3 heterocycles. The molecule has 6 heteroatoms. The van der Waals surface area contributed by atoms with Gasteiger partial charge >= 0.3 is 0 Å². The number of carbonyl (C=O) groups is 1. The number of pyridine rings is 1. The van der Waals surface area contributed by atoms with Gasteiger partial charge in [-0.05, 0) is 30.4 Å². The van der Waals surface area contributed by atoms with E-state index in [0.717, 1.165) is 64.6 Å². The van der Waals surface area contributed by atoms with Crippen molar-refractivity contribution in [3.63, 3.8) is 0 Å². The first-order valence-corrected chi connectivity index (χ1v) is 9.31. The third kappa shape index (κ3) is 4.91. The number of hydrogen-bond donors (Lipinski definition) is 0. The van der Waals surface area contributed by atoms with E-state index in [4.69, 9.17) is 11.6 Å². The Labute approximate surface area is 149 Å². The van der Waals surface area contributed by atoms with Crippen LogP contribution in [0.15, 0.2) is 18.3 Å². The maximum Gasteiger partial charge on any atom is 0.236 e. The van der Waals surface area contributed by atoms with Crippen molar-refractivity contribution in [1.29, 1.82) is 0 Å². The van der Waals surface area contributed by atoms with Crippen LogP contribution in [0.5, 0.6) is 0 Å². The van der Waals surface area contributed by atoms with Gasteiger partial charge < -0.3 is 4.90 Å². The Morgan fingerprint density at radius 1 is 1.12 bits per heavy atom. The molecule has 0 aromatic carbocycles. The Morgan fingerprint density at radius 2 is 1.79 bits per heavy atom. The first-order chi connectivity index (χ1) is 11.6. The highest BCUT2D eigenvalue weighted by Crippen LogP contribution is 2.16. The van der Waals surface area contributed by atoms with Crippen molar-refractivity contribution in [2.75, 3.05) is 45.8 Å². The Morgan fingerprint density at radius 3 is 2.42 bits per heavy atom. The third-order valence-electron chi connectivity index (χ3n) is 5.15. The van der Waals surface area contributed by atoms with E-state index >= 15 is 0 Å². The molecule has 0 saturated carbocycles. The zero-order chi connectivity index (χ0) is 16.9. The highest BCUT2D eigenvalue weighted by molar-refractivity contribution is 6.29. The molecular formula is C18H27ClN4O. The number of piperidine rings is 1. The van der Waals surface area contributed by atoms with E-state index in [-0.39, 0.29) is 0 Å². The van der Waals surface area contributed by atoms with Crippen molar-refractivity contribution in [2.24, 2.45) is 5.92 Å². The maximum absolute atomic E-state index is 12.4. The third-order valence-corrected chi connectivity index (χ3v) is 5.38. The van der Waals surface area contributed by atoms with Gasteiger partial charge in [0.1, 0.15) is 5.15 Å². The van der Waals surface area contributed by atoms with Gasteiger partial charge in [-0.15, -0.1) is 0 Å². The number of rotatable bonds is 4. The van der Waals surface area contributed by atoms with Crippen LogP contribution in [0.4, 0.5) is 0 Å². The van der Waals surface area contributed by atoms with Gasteiger partial charge in [0.05, 0.1) is 6.54 Å². The summed E-state index contributed by atoms with van der Waals surface area (Å²) in [6.07, 6.45) is 4.14. The monoisotopic (exact) mass is 350 g/mol. The van der Waals surface area contributed by atoms with Gasteiger partial charge in [0.25, 0.3) is 0 Å². The number of aromatic nitrogens is 1. The lowest BCUT2D eigenvalue weighted by Crippen LogP contribution is -2.50. The number of amides is 1. The molecule has 1 aromatic heterocycles. The van der Waals surface area contributed by atoms with E-state index in [1.54, 1.807) is 0 Å². The first kappa shape index (κ1) is 17.6. The molecule has 0 bridgehead atoms. The van der Waals surface area contributed by atoms with E-state index < -0.39 is 0 Å². The van der Waals surface area contributed by atoms with Crippen molar-refractivity contribution in [3.05, 3.63) is 29.0 Å². The molecule has 0 atom stereocenters. The first-order valence-electron chi connectivity index (χ1n) is 8.93. The van der Waals surface area contributed by atoms with Gasteiger partial charge in [0.2, 0.25) is 5.91 Å². The molecule has 132 valence electrons. The molecule has 0 spiro atoms. The second-order valence-electron chi connectivity index (χ2n) is 7.10. The van der Waals surface area contributed by atoms with E-state index in [2.05, 4.69) is 21.7 Å². The number of halogens is 1. The van der Waals surface area contributed by atoms with Crippen molar-refractivity contribution in [3.8, 4) is 0 Å². The van der Waals surface area contributed by atoms with Gasteiger partial charge in [-0.25, -0.2) is 4.98 Å². The standard InChI is InChI=1S/C18H27ClN4O/c1-15-4-6-23(7-5-15)18(24)14-22-10-8-21(9-11-22)13-16-2-3-17(19)20-12-16/h2-3,12,15H,4-11,13-14H2,1H3. The van der Waals surface area contributed by atoms with Gasteiger partial charge in [0.15, 0.2) is 0 Å². The van der Waals surface area contributed by atoms with Crippen LogP contribution in [0.25, 0.3) is 0 Å². The van der Waals surface area contributed by atoms with Crippen molar-refractivity contribution in [1.82, 2.24) is 19.7 Å². The van der Waals surface area contributed by atoms with E-state index in [9.17, 15) is 4.79 Å². The molecule has 2 aliphatic rings. The van der Waals surface area contributed by atoms with Gasteiger partial charge in [-0.3, -0.25) is 14.6 Å². The zero-order valence-electron chi connectivity index (χ0n) is 14.5. The molecule has 1 aromatic rings. The average Bonchev–Trinajstić information content (AvgIpc) is 2.59. The molecule has 5 nitrogen and oxygen atoms in total. The zero-order valence-corrected chi connectivity index (χ0v) is 15.2. The highest BCUT2D eigenvalue weighted by atomic mass is 35.5. The number of likely N-dealkylation sites (tertiary alicyclic amines) is 1. The fourth-order valence-corrected chi connectivity index (χ4v) is 3.52. The van der Waals surface area contributed by atoms with Gasteiger partial charge in [0, 0.05) is 52.0 Å². The smallest absolute Gasteiger partial charge is 0.236 e. The Balaban J connectivity index is 1.40. The quantitative estimate of drug-likeness (QED) is 0.780. The molecular weight excluding hydrogens is 324 g/mol. The lowest BCUT2D eigenvalue weighted by molar-refractivity contribution is -0.134. The molecule has 24 heavy (non-hydrogen) atoms. The second kappa shape index (κ2) is 8.28. The summed E-state index contributed by atoms with van der Waals surface area (Å²) in [5.74, 6) is 1.07. The van der Waals surface area contributed by atoms with E-state index in [1.165, 1.54) is 5.56 Å². The number of carbonyl (C=O) groups excluding carboxylic acids is 1. The second-order valence-corrected chi connectivity index (χ2v) is 7.49. The summed E-state index contributed by atoms with van der Waals surface area (Å²) in [6, 6.07) is 3.87. The van der Waals surface area contributed by atoms with Crippen LogP contribution in [-0.4, -0.2) is 71.4 Å². The predicted octanol–water partition coefficient (Wildman–Crippen LogP) is 2.11. The molecule has 0 aliphatic carbocycles. The summed E-state index contributed by atoms with van der Waals surface area (Å²) in [5.41, 5.74) is 1.19. The van der Waals surface area contributed by atoms with Gasteiger partial charge in [-0.1, -0.05) is 24.6 Å². The Kier molecular flexibility index (Phi) is 6.09. The van der Waals surface area contributed by atoms with E-state index in [1.807, 2.05) is 23.2 Å². The average molecular weight is 351 g/mol. The van der Waals surface area contributed by atoms with Crippen LogP contribution < -0.4 is 0 Å². The van der Waals surface area contributed by atoms with Crippen LogP contribution in [0.2, 0.25) is 5.15 Å². The van der Waals surface area contributed by atoms with Crippen LogP contribution in [-0.2, 0) is 11.3 Å².